The molecule has 2 N–H and O–H groups in total. The second-order valence-corrected chi connectivity index (χ2v) is 4.45. The summed E-state index contributed by atoms with van der Waals surface area (Å²) in [4.78, 5) is 10.9. The Morgan fingerprint density at radius 2 is 1.74 bits per heavy atom. The molecule has 0 aliphatic rings. The fraction of sp³-hybridized carbons (Fsp3) is 0.188. The van der Waals surface area contributed by atoms with Crippen molar-refractivity contribution in [3.63, 3.8) is 0 Å². The van der Waals surface area contributed by atoms with Gasteiger partial charge in [0.2, 0.25) is 0 Å². The number of hydrogen-bond acceptors (Lipinski definition) is 2. The zero-order valence-corrected chi connectivity index (χ0v) is 10.9. The molecule has 1 atom stereocenters. The Balaban J connectivity index is 2.35. The van der Waals surface area contributed by atoms with Crippen LogP contribution >= 0.6 is 0 Å². The van der Waals surface area contributed by atoms with Gasteiger partial charge in [-0.3, -0.25) is 0 Å². The molecule has 1 amide bonds. The minimum absolute atomic E-state index is 0.00917. The van der Waals surface area contributed by atoms with E-state index in [4.69, 9.17) is 10.5 Å². The second-order valence-electron chi connectivity index (χ2n) is 4.45. The lowest BCUT2D eigenvalue weighted by molar-refractivity contribution is 0.153. The first-order valence-corrected chi connectivity index (χ1v) is 6.21. The van der Waals surface area contributed by atoms with E-state index in [1.807, 2.05) is 42.5 Å². The van der Waals surface area contributed by atoms with Gasteiger partial charge < -0.3 is 10.5 Å². The lowest BCUT2D eigenvalue weighted by Gasteiger charge is -2.19. The van der Waals surface area contributed by atoms with E-state index in [0.717, 1.165) is 11.1 Å². The zero-order chi connectivity index (χ0) is 13.7. The number of rotatable bonds is 4. The normalized spacial score (nSPS) is 11.8. The van der Waals surface area contributed by atoms with Gasteiger partial charge in [-0.25, -0.2) is 4.79 Å². The third-order valence-electron chi connectivity index (χ3n) is 3.16. The summed E-state index contributed by atoms with van der Waals surface area (Å²) in [5.74, 6) is 0.00917. The number of aryl methyl sites for hydroxylation is 1. The molecule has 0 saturated carbocycles. The largest absolute Gasteiger partial charge is 0.449 e. The minimum atomic E-state index is -0.741. The molecule has 3 heteroatoms. The summed E-state index contributed by atoms with van der Waals surface area (Å²) in [6.07, 6.45) is -0.741. The van der Waals surface area contributed by atoms with Crippen LogP contribution in [-0.2, 0) is 4.74 Å². The number of carbonyl (C=O) groups is 1. The van der Waals surface area contributed by atoms with Crippen LogP contribution in [-0.4, -0.2) is 12.7 Å². The van der Waals surface area contributed by atoms with E-state index in [-0.39, 0.29) is 12.5 Å². The Morgan fingerprint density at radius 1 is 1.11 bits per heavy atom. The molecule has 2 rings (SSSR count). The molecule has 0 aliphatic carbocycles. The monoisotopic (exact) mass is 255 g/mol. The molecule has 3 nitrogen and oxygen atoms in total. The molecule has 0 radical (unpaired) electrons. The Bertz CT molecular complexity index is 552. The highest BCUT2D eigenvalue weighted by molar-refractivity contribution is 5.64. The Hall–Kier alpha value is -2.29. The van der Waals surface area contributed by atoms with Crippen molar-refractivity contribution in [3.8, 4) is 0 Å². The van der Waals surface area contributed by atoms with Crippen LogP contribution in [0.25, 0.3) is 0 Å². The van der Waals surface area contributed by atoms with Gasteiger partial charge in [-0.1, -0.05) is 54.6 Å². The molecule has 98 valence electrons. The summed E-state index contributed by atoms with van der Waals surface area (Å²) in [7, 11) is 0. The predicted octanol–water partition coefficient (Wildman–Crippen LogP) is 3.22. The molecular formula is C16H17NO2. The molecule has 0 fully saturated rings. The zero-order valence-electron chi connectivity index (χ0n) is 10.9. The van der Waals surface area contributed by atoms with Crippen LogP contribution in [0.1, 0.15) is 22.6 Å². The Kier molecular flexibility index (Phi) is 4.18. The number of primary amides is 1. The number of nitrogens with two attached hydrogens (primary N) is 1. The summed E-state index contributed by atoms with van der Waals surface area (Å²) in [5.41, 5.74) is 8.50. The average molecular weight is 255 g/mol. The molecule has 2 aromatic carbocycles. The first kappa shape index (κ1) is 13.1. The molecular weight excluding hydrogens is 238 g/mol. The maximum absolute atomic E-state index is 10.9. The number of hydrogen-bond donors (Lipinski definition) is 1. The first-order chi connectivity index (χ1) is 9.18. The molecule has 0 heterocycles. The maximum atomic E-state index is 10.9. The van der Waals surface area contributed by atoms with Crippen LogP contribution < -0.4 is 5.73 Å². The van der Waals surface area contributed by atoms with Crippen molar-refractivity contribution < 1.29 is 9.53 Å². The quantitative estimate of drug-likeness (QED) is 0.912. The highest BCUT2D eigenvalue weighted by atomic mass is 16.5. The van der Waals surface area contributed by atoms with Crippen molar-refractivity contribution in [2.24, 2.45) is 5.73 Å². The van der Waals surface area contributed by atoms with Crippen molar-refractivity contribution in [1.82, 2.24) is 0 Å². The van der Waals surface area contributed by atoms with Crippen molar-refractivity contribution in [2.75, 3.05) is 6.61 Å². The van der Waals surface area contributed by atoms with Gasteiger partial charge in [0.25, 0.3) is 0 Å². The van der Waals surface area contributed by atoms with Crippen LogP contribution in [0, 0.1) is 6.92 Å². The van der Waals surface area contributed by atoms with Crippen molar-refractivity contribution >= 4 is 6.09 Å². The van der Waals surface area contributed by atoms with Gasteiger partial charge in [-0.2, -0.15) is 0 Å². The summed E-state index contributed by atoms with van der Waals surface area (Å²) < 4.78 is 5.01. The first-order valence-electron chi connectivity index (χ1n) is 6.21. The van der Waals surface area contributed by atoms with E-state index < -0.39 is 6.09 Å². The van der Waals surface area contributed by atoms with Crippen molar-refractivity contribution in [1.29, 1.82) is 0 Å². The van der Waals surface area contributed by atoms with Gasteiger partial charge in [0, 0.05) is 5.92 Å². The van der Waals surface area contributed by atoms with Crippen LogP contribution in [0.15, 0.2) is 54.6 Å². The lowest BCUT2D eigenvalue weighted by Crippen LogP contribution is -2.19. The summed E-state index contributed by atoms with van der Waals surface area (Å²) in [6, 6.07) is 18.1. The molecule has 19 heavy (non-hydrogen) atoms. The average Bonchev–Trinajstić information content (AvgIpc) is 2.42. The van der Waals surface area contributed by atoms with Crippen molar-refractivity contribution in [3.05, 3.63) is 71.3 Å². The number of benzene rings is 2. The summed E-state index contributed by atoms with van der Waals surface area (Å²) in [6.45, 7) is 2.31. The van der Waals surface area contributed by atoms with E-state index in [1.165, 1.54) is 5.56 Å². The molecule has 2 aromatic rings. The van der Waals surface area contributed by atoms with Gasteiger partial charge >= 0.3 is 6.09 Å². The van der Waals surface area contributed by atoms with Gasteiger partial charge in [0.05, 0.1) is 0 Å². The summed E-state index contributed by atoms with van der Waals surface area (Å²) in [5, 5.41) is 0. The fourth-order valence-corrected chi connectivity index (χ4v) is 2.19. The molecule has 0 bridgehead atoms. The summed E-state index contributed by atoms with van der Waals surface area (Å²) >= 11 is 0. The molecule has 0 spiro atoms. The third-order valence-corrected chi connectivity index (χ3v) is 3.16. The van der Waals surface area contributed by atoms with Gasteiger partial charge in [0.15, 0.2) is 0 Å². The number of carbonyl (C=O) groups excluding carboxylic acids is 1. The molecule has 0 saturated heterocycles. The van der Waals surface area contributed by atoms with E-state index >= 15 is 0 Å². The molecule has 0 aromatic heterocycles. The fourth-order valence-electron chi connectivity index (χ4n) is 2.19. The van der Waals surface area contributed by atoms with Gasteiger partial charge in [0.1, 0.15) is 6.61 Å². The SMILES string of the molecule is Cc1ccccc1C(COC(N)=O)c1ccccc1. The Labute approximate surface area is 113 Å². The lowest BCUT2D eigenvalue weighted by atomic mass is 9.89. The predicted molar refractivity (Wildman–Crippen MR) is 75.0 cm³/mol. The molecule has 1 unspecified atom stereocenters. The van der Waals surface area contributed by atoms with E-state index in [2.05, 4.69) is 19.1 Å². The van der Waals surface area contributed by atoms with E-state index in [1.54, 1.807) is 0 Å². The highest BCUT2D eigenvalue weighted by Gasteiger charge is 2.17. The van der Waals surface area contributed by atoms with Gasteiger partial charge in [-0.15, -0.1) is 0 Å². The topological polar surface area (TPSA) is 52.3 Å². The molecule has 0 aliphatic heterocycles. The van der Waals surface area contributed by atoms with Crippen LogP contribution in [0.2, 0.25) is 0 Å². The minimum Gasteiger partial charge on any atom is -0.449 e. The number of amides is 1. The van der Waals surface area contributed by atoms with E-state index in [0.29, 0.717) is 0 Å². The second kappa shape index (κ2) is 6.05. The van der Waals surface area contributed by atoms with Crippen LogP contribution in [0.5, 0.6) is 0 Å². The Morgan fingerprint density at radius 3 is 2.37 bits per heavy atom. The van der Waals surface area contributed by atoms with E-state index in [9.17, 15) is 4.79 Å². The van der Waals surface area contributed by atoms with Crippen molar-refractivity contribution in [2.45, 2.75) is 12.8 Å². The van der Waals surface area contributed by atoms with Gasteiger partial charge in [-0.05, 0) is 23.6 Å². The third kappa shape index (κ3) is 3.35. The number of ether oxygens (including phenoxy) is 1. The standard InChI is InChI=1S/C16H17NO2/c1-12-7-5-6-10-14(12)15(11-19-16(17)18)13-8-3-2-4-9-13/h2-10,15H,11H2,1H3,(H2,17,18). The van der Waals surface area contributed by atoms with Crippen LogP contribution in [0.4, 0.5) is 4.79 Å². The smallest absolute Gasteiger partial charge is 0.404 e. The van der Waals surface area contributed by atoms with Crippen LogP contribution in [0.3, 0.4) is 0 Å². The maximum Gasteiger partial charge on any atom is 0.404 e. The highest BCUT2D eigenvalue weighted by Crippen LogP contribution is 2.27.